The zero-order chi connectivity index (χ0) is 25.5. The van der Waals surface area contributed by atoms with Crippen molar-refractivity contribution in [3.8, 4) is 0 Å². The van der Waals surface area contributed by atoms with E-state index >= 15 is 0 Å². The van der Waals surface area contributed by atoms with Crippen LogP contribution in [0.2, 0.25) is 0 Å². The molecule has 0 aliphatic carbocycles. The summed E-state index contributed by atoms with van der Waals surface area (Å²) in [4.78, 5) is 23.5. The summed E-state index contributed by atoms with van der Waals surface area (Å²) < 4.78 is 0. The second-order valence-electron chi connectivity index (χ2n) is 9.93. The monoisotopic (exact) mass is 558 g/mol. The van der Waals surface area contributed by atoms with Gasteiger partial charge in [-0.25, -0.2) is 9.78 Å². The molecule has 8 heteroatoms. The van der Waals surface area contributed by atoms with E-state index in [1.807, 2.05) is 19.9 Å². The summed E-state index contributed by atoms with van der Waals surface area (Å²) in [7, 11) is 0. The highest BCUT2D eigenvalue weighted by molar-refractivity contribution is 5.95. The van der Waals surface area contributed by atoms with Crippen molar-refractivity contribution in [3.63, 3.8) is 0 Å². The Hall–Kier alpha value is -2.64. The Bertz CT molecular complexity index is 1130. The van der Waals surface area contributed by atoms with E-state index in [-0.39, 0.29) is 30.7 Å². The van der Waals surface area contributed by atoms with E-state index in [0.29, 0.717) is 11.4 Å². The molecule has 1 N–H and O–H groups in total. The van der Waals surface area contributed by atoms with Crippen LogP contribution in [0.5, 0.6) is 0 Å². The first-order chi connectivity index (χ1) is 17.4. The molecule has 3 aromatic rings. The van der Waals surface area contributed by atoms with Gasteiger partial charge in [0.1, 0.15) is 11.4 Å². The maximum absolute atomic E-state index is 12.0. The van der Waals surface area contributed by atoms with Crippen LogP contribution < -0.4 is 4.90 Å². The second-order valence-corrected chi connectivity index (χ2v) is 9.93. The highest BCUT2D eigenvalue weighted by Crippen LogP contribution is 2.28. The summed E-state index contributed by atoms with van der Waals surface area (Å²) >= 11 is 0. The first-order valence-corrected chi connectivity index (χ1v) is 13.0. The van der Waals surface area contributed by atoms with Crippen LogP contribution in [0.4, 0.5) is 5.82 Å². The van der Waals surface area contributed by atoms with E-state index in [1.54, 1.807) is 6.20 Å². The fraction of sp³-hybridized carbons (Fsp3) is 0.400. The van der Waals surface area contributed by atoms with Gasteiger partial charge in [-0.1, -0.05) is 75.4 Å². The van der Waals surface area contributed by atoms with Crippen LogP contribution in [0.15, 0.2) is 66.9 Å². The molecule has 0 saturated carbocycles. The number of nitrogens with zero attached hydrogens (tertiary/aromatic N) is 4. The lowest BCUT2D eigenvalue weighted by Crippen LogP contribution is -2.46. The van der Waals surface area contributed by atoms with Crippen molar-refractivity contribution < 1.29 is 9.90 Å². The number of carboxylic acids is 1. The van der Waals surface area contributed by atoms with E-state index in [0.717, 1.165) is 57.9 Å². The van der Waals surface area contributed by atoms with Gasteiger partial charge >= 0.3 is 5.97 Å². The third-order valence-corrected chi connectivity index (χ3v) is 7.00. The van der Waals surface area contributed by atoms with Gasteiger partial charge in [-0.2, -0.15) is 0 Å². The summed E-state index contributed by atoms with van der Waals surface area (Å²) in [5.74, 6) is -0.145. The van der Waals surface area contributed by atoms with Gasteiger partial charge in [0.05, 0.1) is 0 Å². The molecule has 0 spiro atoms. The van der Waals surface area contributed by atoms with Crippen LogP contribution in [-0.4, -0.2) is 58.6 Å². The number of aromatic nitrogens is 1. The molecule has 4 rings (SSSR count). The van der Waals surface area contributed by atoms with E-state index in [1.165, 1.54) is 16.7 Å². The highest BCUT2D eigenvalue weighted by Gasteiger charge is 2.25. The lowest BCUT2D eigenvalue weighted by atomic mass is 9.98. The molecule has 2 heterocycles. The van der Waals surface area contributed by atoms with E-state index in [4.69, 9.17) is 0 Å². The Morgan fingerprint density at radius 3 is 2.03 bits per heavy atom. The Kier molecular flexibility index (Phi) is 12.5. The van der Waals surface area contributed by atoms with Crippen LogP contribution in [0.25, 0.3) is 0 Å². The van der Waals surface area contributed by atoms with Gasteiger partial charge < -0.3 is 10.0 Å². The molecule has 1 saturated heterocycles. The van der Waals surface area contributed by atoms with Crippen LogP contribution in [0, 0.1) is 0 Å². The minimum Gasteiger partial charge on any atom is -0.478 e. The molecule has 1 aliphatic rings. The number of hydrogen-bond acceptors (Lipinski definition) is 5. The summed E-state index contributed by atoms with van der Waals surface area (Å²) in [6.45, 7) is 13.4. The van der Waals surface area contributed by atoms with Crippen molar-refractivity contribution in [2.24, 2.45) is 0 Å². The van der Waals surface area contributed by atoms with Gasteiger partial charge in [0.2, 0.25) is 0 Å². The molecular weight excluding hydrogens is 519 g/mol. The molecule has 1 fully saturated rings. The highest BCUT2D eigenvalue weighted by atomic mass is 35.5. The lowest BCUT2D eigenvalue weighted by Gasteiger charge is -2.36. The molecule has 38 heavy (non-hydrogen) atoms. The van der Waals surface area contributed by atoms with Crippen molar-refractivity contribution in [1.82, 2.24) is 14.8 Å². The Morgan fingerprint density at radius 1 is 0.895 bits per heavy atom. The van der Waals surface area contributed by atoms with Crippen LogP contribution >= 0.6 is 24.8 Å². The maximum Gasteiger partial charge on any atom is 0.339 e. The quantitative estimate of drug-likeness (QED) is 0.325. The number of carboxylic acid groups (broad SMARTS) is 1. The maximum atomic E-state index is 12.0. The summed E-state index contributed by atoms with van der Waals surface area (Å²) in [6.07, 6.45) is 1.74. The first-order valence-electron chi connectivity index (χ1n) is 13.0. The first kappa shape index (κ1) is 31.6. The number of pyridine rings is 1. The van der Waals surface area contributed by atoms with Crippen molar-refractivity contribution in [3.05, 3.63) is 94.7 Å². The van der Waals surface area contributed by atoms with Gasteiger partial charge in [0, 0.05) is 52.0 Å². The predicted molar refractivity (Wildman–Crippen MR) is 160 cm³/mol. The van der Waals surface area contributed by atoms with Crippen molar-refractivity contribution in [2.75, 3.05) is 37.6 Å². The molecule has 2 aromatic carbocycles. The number of piperazine rings is 1. The van der Waals surface area contributed by atoms with Gasteiger partial charge in [-0.3, -0.25) is 9.80 Å². The van der Waals surface area contributed by atoms with Gasteiger partial charge in [-0.05, 0) is 40.8 Å². The third kappa shape index (κ3) is 8.18. The summed E-state index contributed by atoms with van der Waals surface area (Å²) in [5, 5.41) is 9.86. The fourth-order valence-electron chi connectivity index (χ4n) is 4.91. The number of carbonyl (C=O) groups is 1. The topological polar surface area (TPSA) is 59.9 Å². The minimum atomic E-state index is -0.894. The van der Waals surface area contributed by atoms with Crippen molar-refractivity contribution in [1.29, 1.82) is 0 Å². The zero-order valence-electron chi connectivity index (χ0n) is 22.5. The molecule has 0 amide bonds. The molecule has 6 nitrogen and oxygen atoms in total. The normalized spacial score (nSPS) is 13.8. The number of rotatable bonds is 10. The SMILES string of the molecule is CCN(Cc1ccccc1)Cc1ccc(CN2CCN(c3nccc(C(C)C)c3C(=O)O)CC2)cc1.Cl.Cl. The number of aromatic carboxylic acids is 1. The molecule has 1 aliphatic heterocycles. The van der Waals surface area contributed by atoms with Crippen LogP contribution in [0.1, 0.15) is 59.3 Å². The minimum absolute atomic E-state index is 0. The Labute approximate surface area is 239 Å². The lowest BCUT2D eigenvalue weighted by molar-refractivity contribution is 0.0695. The van der Waals surface area contributed by atoms with E-state index < -0.39 is 5.97 Å². The largest absolute Gasteiger partial charge is 0.478 e. The molecule has 0 bridgehead atoms. The standard InChI is InChI=1S/C30H38N4O2.2ClH/c1-4-32(20-24-8-6-5-7-9-24)21-25-10-12-26(13-11-25)22-33-16-18-34(19-17-33)29-28(30(35)36)27(23(2)3)14-15-31-29;;/h5-15,23H,4,16-22H2,1-3H3,(H,35,36);2*1H. The van der Waals surface area contributed by atoms with Gasteiger partial charge in [0.15, 0.2) is 0 Å². The third-order valence-electron chi connectivity index (χ3n) is 7.00. The molecule has 0 radical (unpaired) electrons. The number of anilines is 1. The Balaban J connectivity index is 0.00000253. The van der Waals surface area contributed by atoms with Gasteiger partial charge in [-0.15, -0.1) is 24.8 Å². The molecule has 1 aromatic heterocycles. The van der Waals surface area contributed by atoms with Crippen molar-refractivity contribution in [2.45, 2.75) is 46.3 Å². The average molecular weight is 560 g/mol. The molecule has 206 valence electrons. The number of halogens is 2. The molecular formula is C30H40Cl2N4O2. The van der Waals surface area contributed by atoms with Crippen molar-refractivity contribution >= 4 is 36.6 Å². The van der Waals surface area contributed by atoms with E-state index in [2.05, 4.69) is 81.2 Å². The zero-order valence-corrected chi connectivity index (χ0v) is 24.2. The average Bonchev–Trinajstić information content (AvgIpc) is 2.90. The number of hydrogen-bond donors (Lipinski definition) is 1. The van der Waals surface area contributed by atoms with Gasteiger partial charge in [0.25, 0.3) is 0 Å². The molecule has 0 atom stereocenters. The molecule has 0 unspecified atom stereocenters. The smallest absolute Gasteiger partial charge is 0.339 e. The van der Waals surface area contributed by atoms with Crippen LogP contribution in [-0.2, 0) is 19.6 Å². The van der Waals surface area contributed by atoms with Crippen LogP contribution in [0.3, 0.4) is 0 Å². The summed E-state index contributed by atoms with van der Waals surface area (Å²) in [5.41, 5.74) is 5.19. The fourth-order valence-corrected chi connectivity index (χ4v) is 4.91. The number of benzene rings is 2. The second kappa shape index (κ2) is 15.1. The summed E-state index contributed by atoms with van der Waals surface area (Å²) in [6, 6.07) is 21.5. The Morgan fingerprint density at radius 2 is 1.47 bits per heavy atom. The predicted octanol–water partition coefficient (Wildman–Crippen LogP) is 6.09. The van der Waals surface area contributed by atoms with E-state index in [9.17, 15) is 9.90 Å².